The summed E-state index contributed by atoms with van der Waals surface area (Å²) in [6.45, 7) is 9.11. The van der Waals surface area contributed by atoms with Gasteiger partial charge in [-0.15, -0.1) is 28.2 Å². The molecule has 2 amide bonds. The average molecular weight is 738 g/mol. The number of hydrogen-bond acceptors (Lipinski definition) is 16. The van der Waals surface area contributed by atoms with Crippen molar-refractivity contribution in [2.45, 2.75) is 88.9 Å². The second-order valence-corrected chi connectivity index (χ2v) is 16.5. The fraction of sp³-hybridized carbons (Fsp3) is 0.667. The fourth-order valence-electron chi connectivity index (χ4n) is 6.34. The lowest BCUT2D eigenvalue weighted by Crippen LogP contribution is -2.70. The zero-order valence-electron chi connectivity index (χ0n) is 28.4. The van der Waals surface area contributed by atoms with Crippen molar-refractivity contribution in [3.8, 4) is 0 Å². The summed E-state index contributed by atoms with van der Waals surface area (Å²) in [6.07, 6.45) is -0.0818. The van der Waals surface area contributed by atoms with Crippen LogP contribution in [0.25, 0.3) is 0 Å². The Morgan fingerprint density at radius 1 is 1.24 bits per heavy atom. The molecular weight excluding hydrogens is 695 g/mol. The Morgan fingerprint density at radius 3 is 2.71 bits per heavy atom. The van der Waals surface area contributed by atoms with Crippen molar-refractivity contribution in [1.29, 1.82) is 0 Å². The Hall–Kier alpha value is -3.42. The number of aromatic nitrogens is 5. The third kappa shape index (κ3) is 9.43. The number of β-lactam (4-membered cyclic amide) rings is 1. The van der Waals surface area contributed by atoms with Gasteiger partial charge < -0.3 is 30.2 Å². The molecule has 0 bridgehead atoms. The standard InChI is InChI=1S/C30H43N9O7S3/c1-16-9-20(12-30(3,4)11-16)46-29(43)45-17(2)44-26(42)23-18(14-49-28-34-35-36-38(28)8-7-37(5)6)13-47-25-22(24(41)39(23)25)33-21(40)10-19-15-48-27(31)32-19/h15-17,20,22,25H,7-14H2,1-6H3,(H2,31,32)(H,33,40)/t16?,17?,20?,22-,25-/m1/s1. The Kier molecular flexibility index (Phi) is 11.8. The third-order valence-corrected chi connectivity index (χ3v) is 11.4. The Bertz CT molecular complexity index is 1580. The number of rotatable bonds is 13. The van der Waals surface area contributed by atoms with Crippen LogP contribution in [0.1, 0.15) is 52.7 Å². The number of fused-ring (bicyclic) bond motifs is 1. The first-order valence-corrected chi connectivity index (χ1v) is 18.9. The molecule has 2 aliphatic heterocycles. The third-order valence-electron chi connectivity index (χ3n) is 8.25. The minimum Gasteiger partial charge on any atom is -0.431 e. The number of tetrazole rings is 1. The molecule has 1 saturated carbocycles. The summed E-state index contributed by atoms with van der Waals surface area (Å²) < 4.78 is 18.2. The molecule has 268 valence electrons. The summed E-state index contributed by atoms with van der Waals surface area (Å²) in [5.41, 5.74) is 6.87. The Morgan fingerprint density at radius 2 is 2.02 bits per heavy atom. The first kappa shape index (κ1) is 36.9. The second-order valence-electron chi connectivity index (χ2n) is 13.5. The first-order chi connectivity index (χ1) is 23.2. The zero-order chi connectivity index (χ0) is 35.5. The van der Waals surface area contributed by atoms with E-state index in [2.05, 4.69) is 46.6 Å². The highest BCUT2D eigenvalue weighted by Crippen LogP contribution is 2.42. The fourth-order valence-corrected chi connectivity index (χ4v) is 9.29. The van der Waals surface area contributed by atoms with Crippen LogP contribution >= 0.6 is 34.9 Å². The van der Waals surface area contributed by atoms with Crippen molar-refractivity contribution < 1.29 is 33.4 Å². The molecule has 5 atom stereocenters. The van der Waals surface area contributed by atoms with Gasteiger partial charge in [-0.3, -0.25) is 14.5 Å². The highest BCUT2D eigenvalue weighted by atomic mass is 32.2. The van der Waals surface area contributed by atoms with Gasteiger partial charge in [0.2, 0.25) is 17.4 Å². The van der Waals surface area contributed by atoms with E-state index in [4.69, 9.17) is 19.9 Å². The molecule has 3 aliphatic rings. The number of esters is 1. The quantitative estimate of drug-likeness (QED) is 0.132. The van der Waals surface area contributed by atoms with Crippen molar-refractivity contribution >= 4 is 63.9 Å². The number of ether oxygens (including phenoxy) is 3. The summed E-state index contributed by atoms with van der Waals surface area (Å²) in [6, 6.07) is -0.852. The number of carbonyl (C=O) groups is 4. The van der Waals surface area contributed by atoms with Crippen LogP contribution in [-0.2, 0) is 41.6 Å². The number of anilines is 1. The minimum atomic E-state index is -1.29. The van der Waals surface area contributed by atoms with Crippen LogP contribution in [0.4, 0.5) is 9.93 Å². The molecular formula is C30H43N9O7S3. The number of nitrogen functional groups attached to an aromatic ring is 1. The molecule has 0 spiro atoms. The van der Waals surface area contributed by atoms with Crippen LogP contribution in [0.2, 0.25) is 0 Å². The predicted molar refractivity (Wildman–Crippen MR) is 183 cm³/mol. The maximum absolute atomic E-state index is 13.8. The van der Waals surface area contributed by atoms with Gasteiger partial charge in [0, 0.05) is 30.4 Å². The van der Waals surface area contributed by atoms with Gasteiger partial charge in [-0.05, 0) is 60.7 Å². The monoisotopic (exact) mass is 737 g/mol. The number of nitrogens with one attached hydrogen (secondary N) is 1. The van der Waals surface area contributed by atoms with Gasteiger partial charge in [-0.1, -0.05) is 32.5 Å². The molecule has 1 saturated heterocycles. The average Bonchev–Trinajstić information content (AvgIpc) is 3.63. The molecule has 3 N–H and O–H groups in total. The van der Waals surface area contributed by atoms with E-state index in [1.165, 1.54) is 46.7 Å². The van der Waals surface area contributed by atoms with Gasteiger partial charge in [0.25, 0.3) is 5.91 Å². The predicted octanol–water partition coefficient (Wildman–Crippen LogP) is 2.52. The molecule has 2 aromatic heterocycles. The molecule has 19 heteroatoms. The van der Waals surface area contributed by atoms with Crippen molar-refractivity contribution in [2.24, 2.45) is 11.3 Å². The number of amides is 2. The summed E-state index contributed by atoms with van der Waals surface area (Å²) in [5, 5.41) is 16.8. The molecule has 3 unspecified atom stereocenters. The van der Waals surface area contributed by atoms with Gasteiger partial charge in [0.15, 0.2) is 5.13 Å². The maximum Gasteiger partial charge on any atom is 0.511 e. The Labute approximate surface area is 297 Å². The molecule has 5 rings (SSSR count). The molecule has 4 heterocycles. The van der Waals surface area contributed by atoms with Crippen LogP contribution in [0.5, 0.6) is 0 Å². The number of thioether (sulfide) groups is 2. The van der Waals surface area contributed by atoms with Crippen LogP contribution in [0.15, 0.2) is 21.8 Å². The maximum atomic E-state index is 13.8. The lowest BCUT2D eigenvalue weighted by molar-refractivity contribution is -0.170. The Balaban J connectivity index is 1.27. The van der Waals surface area contributed by atoms with Crippen LogP contribution in [-0.4, -0.2) is 115 Å². The molecule has 2 aromatic rings. The number of thiazole rings is 1. The number of carbonyl (C=O) groups excluding carboxylic acids is 4. The van der Waals surface area contributed by atoms with E-state index in [0.29, 0.717) is 46.2 Å². The smallest absolute Gasteiger partial charge is 0.431 e. The van der Waals surface area contributed by atoms with E-state index in [1.807, 2.05) is 19.0 Å². The van der Waals surface area contributed by atoms with Gasteiger partial charge in [0.1, 0.15) is 23.2 Å². The summed E-state index contributed by atoms with van der Waals surface area (Å²) in [4.78, 5) is 60.2. The second kappa shape index (κ2) is 15.6. The SMILES string of the molecule is CC1CC(OC(=O)OC(C)OC(=O)C2=C(CSc3nnnn3CCN(C)C)CS[C@@H]3[C@H](NC(=O)Cc4csc(N)n4)C(=O)N23)CC(C)(C)C1. The van der Waals surface area contributed by atoms with Gasteiger partial charge in [0.05, 0.1) is 18.7 Å². The normalized spacial score (nSPS) is 23.8. The van der Waals surface area contributed by atoms with Crippen molar-refractivity contribution in [3.05, 3.63) is 22.3 Å². The van der Waals surface area contributed by atoms with Gasteiger partial charge in [-0.25, -0.2) is 19.3 Å². The summed E-state index contributed by atoms with van der Waals surface area (Å²) >= 11 is 3.97. The van der Waals surface area contributed by atoms with Gasteiger partial charge >= 0.3 is 12.1 Å². The van der Waals surface area contributed by atoms with Gasteiger partial charge in [-0.2, -0.15) is 0 Å². The molecule has 49 heavy (non-hydrogen) atoms. The lowest BCUT2D eigenvalue weighted by Gasteiger charge is -2.49. The van der Waals surface area contributed by atoms with Crippen LogP contribution in [0.3, 0.4) is 0 Å². The van der Waals surface area contributed by atoms with E-state index in [1.54, 1.807) is 10.1 Å². The first-order valence-electron chi connectivity index (χ1n) is 16.0. The minimum absolute atomic E-state index is 0.0304. The van der Waals surface area contributed by atoms with Crippen molar-refractivity contribution in [2.75, 3.05) is 37.9 Å². The number of hydrogen-bond donors (Lipinski definition) is 2. The largest absolute Gasteiger partial charge is 0.511 e. The van der Waals surface area contributed by atoms with Crippen molar-refractivity contribution in [1.82, 2.24) is 40.3 Å². The van der Waals surface area contributed by atoms with E-state index < -0.39 is 35.7 Å². The number of nitrogens with zero attached hydrogens (tertiary/aromatic N) is 7. The lowest BCUT2D eigenvalue weighted by atomic mass is 9.71. The molecule has 2 fully saturated rings. The highest BCUT2D eigenvalue weighted by molar-refractivity contribution is 8.01. The zero-order valence-corrected chi connectivity index (χ0v) is 30.9. The topological polar surface area (TPSA) is 197 Å². The molecule has 0 aromatic carbocycles. The van der Waals surface area contributed by atoms with E-state index in [0.717, 1.165) is 19.4 Å². The van der Waals surface area contributed by atoms with Crippen LogP contribution in [0, 0.1) is 11.3 Å². The molecule has 0 radical (unpaired) electrons. The summed E-state index contributed by atoms with van der Waals surface area (Å²) in [5.74, 6) is -0.645. The molecule has 16 nitrogen and oxygen atoms in total. The van der Waals surface area contributed by atoms with Crippen molar-refractivity contribution in [3.63, 3.8) is 0 Å². The number of nitrogens with two attached hydrogens (primary N) is 1. The van der Waals surface area contributed by atoms with Crippen LogP contribution < -0.4 is 11.1 Å². The number of likely N-dealkylation sites (N-methyl/N-ethyl adjacent to an activating group) is 1. The highest BCUT2D eigenvalue weighted by Gasteiger charge is 2.54. The molecule has 1 aliphatic carbocycles. The van der Waals surface area contributed by atoms with E-state index in [9.17, 15) is 19.2 Å². The van der Waals surface area contributed by atoms with E-state index in [-0.39, 0.29) is 35.3 Å². The summed E-state index contributed by atoms with van der Waals surface area (Å²) in [7, 11) is 3.90. The van der Waals surface area contributed by atoms with E-state index >= 15 is 0 Å².